The number of carbonyl (C=O) groups excluding carboxylic acids is 1. The van der Waals surface area contributed by atoms with Crippen LogP contribution in [0.5, 0.6) is 11.6 Å². The van der Waals surface area contributed by atoms with Crippen molar-refractivity contribution >= 4 is 11.6 Å². The van der Waals surface area contributed by atoms with Crippen molar-refractivity contribution in [1.29, 1.82) is 0 Å². The topological polar surface area (TPSA) is 90.6 Å². The zero-order valence-corrected chi connectivity index (χ0v) is 13.5. The molecule has 9 heteroatoms. The van der Waals surface area contributed by atoms with Gasteiger partial charge >= 0.3 is 0 Å². The van der Waals surface area contributed by atoms with E-state index in [-0.39, 0.29) is 24.9 Å². The van der Waals surface area contributed by atoms with Gasteiger partial charge < -0.3 is 14.8 Å². The third-order valence-corrected chi connectivity index (χ3v) is 3.27. The van der Waals surface area contributed by atoms with Gasteiger partial charge in [0.2, 0.25) is 5.65 Å². The third kappa shape index (κ3) is 4.00. The molecule has 1 amide bonds. The van der Waals surface area contributed by atoms with Gasteiger partial charge in [0, 0.05) is 12.4 Å². The van der Waals surface area contributed by atoms with Crippen molar-refractivity contribution in [1.82, 2.24) is 24.9 Å². The maximum absolute atomic E-state index is 12.8. The van der Waals surface area contributed by atoms with Crippen molar-refractivity contribution in [3.63, 3.8) is 0 Å². The smallest absolute Gasteiger partial charge is 0.260 e. The van der Waals surface area contributed by atoms with Gasteiger partial charge in [0.15, 0.2) is 12.4 Å². The van der Waals surface area contributed by atoms with Crippen LogP contribution in [-0.4, -0.2) is 38.7 Å². The number of carbonyl (C=O) groups is 1. The molecule has 1 aromatic carbocycles. The van der Waals surface area contributed by atoms with Crippen LogP contribution < -0.4 is 14.8 Å². The van der Waals surface area contributed by atoms with Gasteiger partial charge in [0.05, 0.1) is 13.2 Å². The summed E-state index contributed by atoms with van der Waals surface area (Å²) >= 11 is 0. The Morgan fingerprint density at radius 2 is 2.04 bits per heavy atom. The van der Waals surface area contributed by atoms with Crippen LogP contribution in [0, 0.1) is 5.82 Å². The van der Waals surface area contributed by atoms with Gasteiger partial charge in [-0.2, -0.15) is 0 Å². The van der Waals surface area contributed by atoms with E-state index in [4.69, 9.17) is 9.47 Å². The highest BCUT2D eigenvalue weighted by atomic mass is 19.1. The van der Waals surface area contributed by atoms with E-state index in [2.05, 4.69) is 20.5 Å². The van der Waals surface area contributed by atoms with Gasteiger partial charge in [-0.1, -0.05) is 0 Å². The maximum Gasteiger partial charge on any atom is 0.260 e. The summed E-state index contributed by atoms with van der Waals surface area (Å²) in [6.07, 6.45) is 3.26. The highest BCUT2D eigenvalue weighted by Gasteiger charge is 2.12. The number of halogens is 1. The molecule has 0 radical (unpaired) electrons. The lowest BCUT2D eigenvalue weighted by atomic mass is 10.3. The molecule has 0 aliphatic heterocycles. The fourth-order valence-electron chi connectivity index (χ4n) is 2.12. The van der Waals surface area contributed by atoms with Gasteiger partial charge in [0.1, 0.15) is 11.6 Å². The molecule has 0 atom stereocenters. The van der Waals surface area contributed by atoms with E-state index in [0.29, 0.717) is 29.7 Å². The van der Waals surface area contributed by atoms with Crippen LogP contribution in [0.3, 0.4) is 0 Å². The lowest BCUT2D eigenvalue weighted by molar-refractivity contribution is -0.123. The average molecular weight is 345 g/mol. The molecule has 0 unspecified atom stereocenters. The minimum absolute atomic E-state index is 0.169. The summed E-state index contributed by atoms with van der Waals surface area (Å²) < 4.78 is 25.2. The first-order chi connectivity index (χ1) is 12.2. The van der Waals surface area contributed by atoms with Crippen LogP contribution in [0.1, 0.15) is 12.7 Å². The molecule has 3 aromatic rings. The summed E-state index contributed by atoms with van der Waals surface area (Å²) in [6.45, 7) is 2.30. The number of benzene rings is 1. The quantitative estimate of drug-likeness (QED) is 0.695. The Labute approximate surface area is 142 Å². The number of amides is 1. The third-order valence-electron chi connectivity index (χ3n) is 3.27. The molecule has 2 heterocycles. The summed E-state index contributed by atoms with van der Waals surface area (Å²) in [6, 6.07) is 5.44. The van der Waals surface area contributed by atoms with Gasteiger partial charge in [-0.05, 0) is 31.2 Å². The predicted octanol–water partition coefficient (Wildman–Crippen LogP) is 1.36. The highest BCUT2D eigenvalue weighted by Crippen LogP contribution is 2.14. The minimum atomic E-state index is -0.364. The Hall–Kier alpha value is -3.23. The van der Waals surface area contributed by atoms with Gasteiger partial charge in [-0.15, -0.1) is 10.2 Å². The number of hydrogen-bond acceptors (Lipinski definition) is 6. The van der Waals surface area contributed by atoms with Crippen molar-refractivity contribution in [2.45, 2.75) is 13.5 Å². The first kappa shape index (κ1) is 16.6. The minimum Gasteiger partial charge on any atom is -0.484 e. The maximum atomic E-state index is 12.8. The van der Waals surface area contributed by atoms with Crippen LogP contribution in [0.2, 0.25) is 0 Å². The van der Waals surface area contributed by atoms with E-state index in [1.165, 1.54) is 24.3 Å². The monoisotopic (exact) mass is 345 g/mol. The Kier molecular flexibility index (Phi) is 5.03. The lowest BCUT2D eigenvalue weighted by Gasteiger charge is -2.07. The first-order valence-electron chi connectivity index (χ1n) is 7.64. The molecule has 8 nitrogen and oxygen atoms in total. The van der Waals surface area contributed by atoms with Crippen LogP contribution in [0.25, 0.3) is 5.65 Å². The number of ether oxygens (including phenoxy) is 2. The molecule has 0 fully saturated rings. The SMILES string of the molecule is CCOc1nccn2c(CNC(=O)COc3ccc(F)cc3)nnc12. The molecule has 0 saturated carbocycles. The Bertz CT molecular complexity index is 866. The molecule has 0 spiro atoms. The number of fused-ring (bicyclic) bond motifs is 1. The Balaban J connectivity index is 1.58. The zero-order chi connectivity index (χ0) is 17.6. The lowest BCUT2D eigenvalue weighted by Crippen LogP contribution is -2.29. The molecule has 0 saturated heterocycles. The van der Waals surface area contributed by atoms with Crippen LogP contribution >= 0.6 is 0 Å². The first-order valence-corrected chi connectivity index (χ1v) is 7.64. The Morgan fingerprint density at radius 1 is 1.24 bits per heavy atom. The largest absolute Gasteiger partial charge is 0.484 e. The second-order valence-corrected chi connectivity index (χ2v) is 4.99. The van der Waals surface area contributed by atoms with Crippen molar-refractivity contribution in [2.75, 3.05) is 13.2 Å². The fraction of sp³-hybridized carbons (Fsp3) is 0.250. The summed E-state index contributed by atoms with van der Waals surface area (Å²) in [5.41, 5.74) is 0.483. The van der Waals surface area contributed by atoms with Gasteiger partial charge in [-0.25, -0.2) is 9.37 Å². The second-order valence-electron chi connectivity index (χ2n) is 4.99. The number of nitrogens with zero attached hydrogens (tertiary/aromatic N) is 4. The molecule has 0 bridgehead atoms. The standard InChI is InChI=1S/C16H16FN5O3/c1-2-24-16-15-21-20-13(22(15)8-7-18-16)9-19-14(23)10-25-12-5-3-11(17)4-6-12/h3-8H,2,9-10H2,1H3,(H,19,23). The zero-order valence-electron chi connectivity index (χ0n) is 13.5. The van der Waals surface area contributed by atoms with E-state index in [1.54, 1.807) is 16.8 Å². The van der Waals surface area contributed by atoms with E-state index >= 15 is 0 Å². The highest BCUT2D eigenvalue weighted by molar-refractivity contribution is 5.77. The molecule has 130 valence electrons. The summed E-state index contributed by atoms with van der Waals surface area (Å²) in [5, 5.41) is 10.7. The molecular weight excluding hydrogens is 329 g/mol. The van der Waals surface area contributed by atoms with Gasteiger partial charge in [0.25, 0.3) is 11.8 Å². The molecule has 2 aromatic heterocycles. The van der Waals surface area contributed by atoms with E-state index in [0.717, 1.165) is 0 Å². The molecule has 3 rings (SSSR count). The Morgan fingerprint density at radius 3 is 2.80 bits per heavy atom. The van der Waals surface area contributed by atoms with E-state index in [9.17, 15) is 9.18 Å². The average Bonchev–Trinajstić information content (AvgIpc) is 3.04. The summed E-state index contributed by atoms with van der Waals surface area (Å²) in [7, 11) is 0. The number of aromatic nitrogens is 4. The van der Waals surface area contributed by atoms with Crippen molar-refractivity contribution in [2.24, 2.45) is 0 Å². The molecule has 25 heavy (non-hydrogen) atoms. The van der Waals surface area contributed by atoms with E-state index in [1.807, 2.05) is 6.92 Å². The molecule has 0 aliphatic carbocycles. The number of hydrogen-bond donors (Lipinski definition) is 1. The van der Waals surface area contributed by atoms with Crippen molar-refractivity contribution in [3.05, 3.63) is 48.3 Å². The molecule has 1 N–H and O–H groups in total. The summed E-state index contributed by atoms with van der Waals surface area (Å²) in [4.78, 5) is 16.0. The van der Waals surface area contributed by atoms with Crippen molar-refractivity contribution in [3.8, 4) is 11.6 Å². The number of nitrogens with one attached hydrogen (secondary N) is 1. The summed E-state index contributed by atoms with van der Waals surface area (Å²) in [5.74, 6) is 0.636. The fourth-order valence-corrected chi connectivity index (χ4v) is 2.12. The van der Waals surface area contributed by atoms with Crippen LogP contribution in [0.15, 0.2) is 36.7 Å². The molecule has 0 aliphatic rings. The van der Waals surface area contributed by atoms with Crippen LogP contribution in [0.4, 0.5) is 4.39 Å². The predicted molar refractivity (Wildman–Crippen MR) is 85.7 cm³/mol. The van der Waals surface area contributed by atoms with E-state index < -0.39 is 0 Å². The second kappa shape index (κ2) is 7.56. The molecular formula is C16H16FN5O3. The van der Waals surface area contributed by atoms with Gasteiger partial charge in [-0.3, -0.25) is 9.20 Å². The van der Waals surface area contributed by atoms with Crippen LogP contribution in [-0.2, 0) is 11.3 Å². The number of rotatable bonds is 7. The normalized spacial score (nSPS) is 10.6. The van der Waals surface area contributed by atoms with Crippen molar-refractivity contribution < 1.29 is 18.7 Å².